The number of hydrogen-bond acceptors (Lipinski definition) is 11. The Morgan fingerprint density at radius 1 is 1.24 bits per heavy atom. The Bertz CT molecular complexity index is 925. The van der Waals surface area contributed by atoms with Gasteiger partial charge in [0.15, 0.2) is 0 Å². The molecule has 5 rings (SSSR count). The summed E-state index contributed by atoms with van der Waals surface area (Å²) in [6, 6.07) is 7.50. The number of fused-ring (bicyclic) bond motifs is 2. The summed E-state index contributed by atoms with van der Waals surface area (Å²) in [5.41, 5.74) is 6.40. The van der Waals surface area contributed by atoms with Crippen LogP contribution in [0.15, 0.2) is 35.5 Å². The molecular weight excluding hydrogens is 441 g/mol. The Hall–Kier alpha value is -1.43. The third-order valence-corrected chi connectivity index (χ3v) is 7.43. The fraction of sp³-hybridized carbons (Fsp3) is 0.375. The van der Waals surface area contributed by atoms with Crippen LogP contribution in [0, 0.1) is 0 Å². The van der Waals surface area contributed by atoms with Crippen LogP contribution in [-0.4, -0.2) is 50.3 Å². The van der Waals surface area contributed by atoms with Gasteiger partial charge in [-0.25, -0.2) is 0 Å². The van der Waals surface area contributed by atoms with Crippen LogP contribution >= 0.6 is 31.5 Å². The maximum atomic E-state index is 9.75. The molecule has 0 saturated carbocycles. The normalized spacial score (nSPS) is 31.1. The van der Waals surface area contributed by atoms with E-state index in [4.69, 9.17) is 31.1 Å². The van der Waals surface area contributed by atoms with Crippen molar-refractivity contribution in [3.63, 3.8) is 0 Å². The molecular formula is C16H19ClN5O5PS. The van der Waals surface area contributed by atoms with Crippen molar-refractivity contribution in [1.29, 1.82) is 0 Å². The summed E-state index contributed by atoms with van der Waals surface area (Å²) in [6.07, 6.45) is 0.528. The van der Waals surface area contributed by atoms with E-state index in [1.807, 2.05) is 29.2 Å². The van der Waals surface area contributed by atoms with Crippen molar-refractivity contribution in [1.82, 2.24) is 9.97 Å². The van der Waals surface area contributed by atoms with Crippen molar-refractivity contribution in [3.05, 3.63) is 35.6 Å². The van der Waals surface area contributed by atoms with Gasteiger partial charge in [0, 0.05) is 0 Å². The Morgan fingerprint density at radius 2 is 2.03 bits per heavy atom. The third-order valence-electron chi connectivity index (χ3n) is 4.91. The number of nitrogens with zero attached hydrogens (tertiary/aromatic N) is 3. The van der Waals surface area contributed by atoms with Gasteiger partial charge in [-0.3, -0.25) is 0 Å². The quantitative estimate of drug-likeness (QED) is 0.501. The van der Waals surface area contributed by atoms with E-state index in [-0.39, 0.29) is 12.1 Å². The first kappa shape index (κ1) is 19.5. The van der Waals surface area contributed by atoms with Gasteiger partial charge in [0.25, 0.3) is 0 Å². The Labute approximate surface area is 176 Å². The average Bonchev–Trinajstić information content (AvgIpc) is 3.24. The molecule has 0 aliphatic carbocycles. The van der Waals surface area contributed by atoms with Gasteiger partial charge in [-0.2, -0.15) is 0 Å². The van der Waals surface area contributed by atoms with Gasteiger partial charge >= 0.3 is 176 Å². The Kier molecular flexibility index (Phi) is 4.96. The van der Waals surface area contributed by atoms with Gasteiger partial charge in [-0.15, -0.1) is 0 Å². The molecule has 3 aliphatic heterocycles. The molecule has 13 heteroatoms. The number of thioether (sulfide) groups is 1. The Morgan fingerprint density at radius 3 is 2.83 bits per heavy atom. The molecule has 156 valence electrons. The maximum absolute atomic E-state index is 9.75. The molecule has 0 radical (unpaired) electrons. The van der Waals surface area contributed by atoms with Gasteiger partial charge in [0.05, 0.1) is 0 Å². The first-order valence-electron chi connectivity index (χ1n) is 8.89. The number of halogens is 1. The van der Waals surface area contributed by atoms with Crippen molar-refractivity contribution in [2.75, 3.05) is 22.6 Å². The van der Waals surface area contributed by atoms with E-state index in [9.17, 15) is 9.79 Å². The van der Waals surface area contributed by atoms with Crippen LogP contribution in [0.1, 0.15) is 6.42 Å². The second kappa shape index (κ2) is 7.36. The molecule has 29 heavy (non-hydrogen) atoms. The molecule has 2 aromatic rings. The molecule has 3 aliphatic rings. The Balaban J connectivity index is 1.43. The van der Waals surface area contributed by atoms with Gasteiger partial charge in [-0.1, -0.05) is 0 Å². The molecule has 2 fully saturated rings. The van der Waals surface area contributed by atoms with Crippen LogP contribution < -0.4 is 16.0 Å². The average molecular weight is 460 g/mol. The van der Waals surface area contributed by atoms with Crippen LogP contribution in [0.4, 0.5) is 17.3 Å². The summed E-state index contributed by atoms with van der Waals surface area (Å²) in [7, 11) is -4.09. The predicted molar refractivity (Wildman–Crippen MR) is 110 cm³/mol. The van der Waals surface area contributed by atoms with E-state index < -0.39 is 26.6 Å². The van der Waals surface area contributed by atoms with Crippen LogP contribution in [0.5, 0.6) is 0 Å². The second-order valence-electron chi connectivity index (χ2n) is 6.81. The van der Waals surface area contributed by atoms with E-state index in [1.165, 1.54) is 6.33 Å². The molecule has 4 atom stereocenters. The zero-order chi connectivity index (χ0) is 20.2. The van der Waals surface area contributed by atoms with E-state index in [0.29, 0.717) is 28.8 Å². The number of ether oxygens (including phenoxy) is 1. The van der Waals surface area contributed by atoms with E-state index in [2.05, 4.69) is 15.3 Å². The fourth-order valence-corrected chi connectivity index (χ4v) is 5.91. The van der Waals surface area contributed by atoms with Crippen molar-refractivity contribution >= 4 is 48.9 Å². The van der Waals surface area contributed by atoms with E-state index >= 15 is 0 Å². The number of nitrogen functional groups attached to an aromatic ring is 1. The minimum atomic E-state index is -4.09. The molecule has 1 aromatic heterocycles. The van der Waals surface area contributed by atoms with Gasteiger partial charge in [-0.05, 0) is 0 Å². The molecule has 1 aromatic carbocycles. The van der Waals surface area contributed by atoms with Crippen LogP contribution in [0.2, 0.25) is 5.02 Å². The molecule has 3 unspecified atom stereocenters. The third kappa shape index (κ3) is 3.73. The number of hydrogen-bond donors (Lipinski definition) is 4. The zero-order valence-electron chi connectivity index (χ0n) is 14.9. The standard InChI is InChI=1S/C16H19ClN5O5PS/c17-8-1-3-9(4-2-8)29-16-21-13-14(18)19-7-20-15(13)22(16)12-5-10-11(26-12)6-25-28(23,24)27-10/h1-4,7,10-12,16,21,23-24,28H,5-6H2,(H2,18,19,20)/t10-,11?,12?,16?/m0/s1. The monoisotopic (exact) mass is 459 g/mol. The summed E-state index contributed by atoms with van der Waals surface area (Å²) < 4.78 is 16.5. The van der Waals surface area contributed by atoms with Gasteiger partial charge in [0.1, 0.15) is 0 Å². The van der Waals surface area contributed by atoms with Crippen LogP contribution in [0.25, 0.3) is 0 Å². The van der Waals surface area contributed by atoms with Crippen LogP contribution in [-0.2, 0) is 13.8 Å². The number of benzene rings is 1. The first-order chi connectivity index (χ1) is 13.9. The number of nitrogens with one attached hydrogen (secondary N) is 1. The number of aromatic nitrogens is 2. The number of anilines is 3. The summed E-state index contributed by atoms with van der Waals surface area (Å²) in [6.45, 7) is 0.0649. The topological polar surface area (TPSA) is 135 Å². The van der Waals surface area contributed by atoms with Crippen molar-refractivity contribution < 1.29 is 23.6 Å². The van der Waals surface area contributed by atoms with E-state index in [0.717, 1.165) is 4.90 Å². The first-order valence-corrected chi connectivity index (χ1v) is 11.9. The number of rotatable bonds is 3. The molecule has 2 saturated heterocycles. The summed E-state index contributed by atoms with van der Waals surface area (Å²) >= 11 is 7.54. The van der Waals surface area contributed by atoms with Crippen LogP contribution in [0.3, 0.4) is 0 Å². The molecule has 0 amide bonds. The van der Waals surface area contributed by atoms with Crippen molar-refractivity contribution in [2.45, 2.75) is 35.2 Å². The molecule has 5 N–H and O–H groups in total. The minimum absolute atomic E-state index is 0.0649. The number of nitrogens with two attached hydrogens (primary N) is 1. The van der Waals surface area contributed by atoms with Crippen molar-refractivity contribution in [3.8, 4) is 0 Å². The van der Waals surface area contributed by atoms with E-state index in [1.54, 1.807) is 11.8 Å². The second-order valence-corrected chi connectivity index (χ2v) is 10.0. The SMILES string of the molecule is Nc1ncnc2c1NC(Sc1ccc(Cl)cc1)N2C1C[C@@H]2O[PH](O)(O)OCC2O1. The molecule has 0 bridgehead atoms. The molecule has 0 spiro atoms. The summed E-state index contributed by atoms with van der Waals surface area (Å²) in [5.74, 6) is 0.955. The summed E-state index contributed by atoms with van der Waals surface area (Å²) in [5, 5.41) is 4.01. The molecule has 10 nitrogen and oxygen atoms in total. The predicted octanol–water partition coefficient (Wildman–Crippen LogP) is 1.94. The van der Waals surface area contributed by atoms with Gasteiger partial charge in [0.2, 0.25) is 0 Å². The fourth-order valence-electron chi connectivity index (χ4n) is 3.61. The van der Waals surface area contributed by atoms with Gasteiger partial charge < -0.3 is 0 Å². The summed E-state index contributed by atoms with van der Waals surface area (Å²) in [4.78, 5) is 30.9. The zero-order valence-corrected chi connectivity index (χ0v) is 17.5. The molecule has 4 heterocycles. The van der Waals surface area contributed by atoms with Crippen molar-refractivity contribution in [2.24, 2.45) is 0 Å².